The summed E-state index contributed by atoms with van der Waals surface area (Å²) in [6.45, 7) is 1.97. The maximum atomic E-state index is 3.53. The van der Waals surface area contributed by atoms with E-state index in [0.717, 1.165) is 19.5 Å². The molecule has 2 aromatic carbocycles. The zero-order valence-corrected chi connectivity index (χ0v) is 12.8. The van der Waals surface area contributed by atoms with Crippen LogP contribution in [0.4, 0.5) is 0 Å². The largest absolute Gasteiger partial charge is 0.312 e. The first-order valence-corrected chi connectivity index (χ1v) is 8.12. The molecular formula is C19H19NS. The van der Waals surface area contributed by atoms with E-state index >= 15 is 0 Å². The summed E-state index contributed by atoms with van der Waals surface area (Å²) in [5.74, 6) is 0. The van der Waals surface area contributed by atoms with E-state index < -0.39 is 0 Å². The smallest absolute Gasteiger partial charge is 0.0346 e. The standard InChI is InChI=1S/C19H19NS/c1-3-7-16(8-4-1)13-14-20-15-18-11-12-19(21-18)17-9-5-2-6-10-17/h1-12,20H,13-15H2. The van der Waals surface area contributed by atoms with Crippen LogP contribution >= 0.6 is 11.3 Å². The Hall–Kier alpha value is -1.90. The fourth-order valence-electron chi connectivity index (χ4n) is 2.32. The van der Waals surface area contributed by atoms with Gasteiger partial charge in [0.15, 0.2) is 0 Å². The fraction of sp³-hybridized carbons (Fsp3) is 0.158. The first kappa shape index (κ1) is 14.1. The van der Waals surface area contributed by atoms with Gasteiger partial charge in [-0.25, -0.2) is 0 Å². The van der Waals surface area contributed by atoms with E-state index in [1.54, 1.807) is 0 Å². The van der Waals surface area contributed by atoms with Gasteiger partial charge in [0, 0.05) is 16.3 Å². The van der Waals surface area contributed by atoms with Crippen molar-refractivity contribution >= 4 is 11.3 Å². The second kappa shape index (κ2) is 7.21. The molecule has 0 bridgehead atoms. The van der Waals surface area contributed by atoms with E-state index in [-0.39, 0.29) is 0 Å². The van der Waals surface area contributed by atoms with Crippen molar-refractivity contribution in [1.29, 1.82) is 0 Å². The molecule has 0 atom stereocenters. The van der Waals surface area contributed by atoms with Crippen LogP contribution in [0.2, 0.25) is 0 Å². The van der Waals surface area contributed by atoms with Crippen molar-refractivity contribution < 1.29 is 0 Å². The van der Waals surface area contributed by atoms with E-state index in [1.807, 2.05) is 11.3 Å². The molecule has 0 aliphatic heterocycles. The zero-order valence-electron chi connectivity index (χ0n) is 12.0. The van der Waals surface area contributed by atoms with Gasteiger partial charge in [0.1, 0.15) is 0 Å². The van der Waals surface area contributed by atoms with Crippen molar-refractivity contribution in [2.45, 2.75) is 13.0 Å². The minimum atomic E-state index is 0.949. The van der Waals surface area contributed by atoms with Gasteiger partial charge in [0.25, 0.3) is 0 Å². The molecule has 0 aliphatic rings. The number of benzene rings is 2. The van der Waals surface area contributed by atoms with Gasteiger partial charge in [0.2, 0.25) is 0 Å². The van der Waals surface area contributed by atoms with E-state index in [9.17, 15) is 0 Å². The van der Waals surface area contributed by atoms with Crippen LogP contribution in [0.5, 0.6) is 0 Å². The minimum absolute atomic E-state index is 0.949. The van der Waals surface area contributed by atoms with Gasteiger partial charge < -0.3 is 5.32 Å². The SMILES string of the molecule is c1ccc(CCNCc2ccc(-c3ccccc3)s2)cc1. The predicted molar refractivity (Wildman–Crippen MR) is 91.6 cm³/mol. The highest BCUT2D eigenvalue weighted by molar-refractivity contribution is 7.15. The predicted octanol–water partition coefficient (Wildman–Crippen LogP) is 4.75. The third-order valence-electron chi connectivity index (χ3n) is 3.45. The fourth-order valence-corrected chi connectivity index (χ4v) is 3.30. The van der Waals surface area contributed by atoms with Crippen LogP contribution in [0.15, 0.2) is 72.8 Å². The minimum Gasteiger partial charge on any atom is -0.312 e. The first-order valence-electron chi connectivity index (χ1n) is 7.30. The molecule has 3 rings (SSSR count). The molecule has 1 aromatic heterocycles. The van der Waals surface area contributed by atoms with E-state index in [2.05, 4.69) is 78.1 Å². The molecule has 0 fully saturated rings. The van der Waals surface area contributed by atoms with Gasteiger partial charge in [-0.3, -0.25) is 0 Å². The maximum absolute atomic E-state index is 3.53. The molecule has 106 valence electrons. The number of nitrogens with one attached hydrogen (secondary N) is 1. The first-order chi connectivity index (χ1) is 10.4. The average molecular weight is 293 g/mol. The molecule has 0 aliphatic carbocycles. The Balaban J connectivity index is 1.49. The maximum Gasteiger partial charge on any atom is 0.0346 e. The van der Waals surface area contributed by atoms with E-state index in [4.69, 9.17) is 0 Å². The van der Waals surface area contributed by atoms with Gasteiger partial charge in [0.05, 0.1) is 0 Å². The molecule has 0 spiro atoms. The highest BCUT2D eigenvalue weighted by Gasteiger charge is 2.02. The van der Waals surface area contributed by atoms with E-state index in [0.29, 0.717) is 0 Å². The quantitative estimate of drug-likeness (QED) is 0.647. The molecule has 0 radical (unpaired) electrons. The molecule has 0 saturated carbocycles. The highest BCUT2D eigenvalue weighted by Crippen LogP contribution is 2.27. The van der Waals surface area contributed by atoms with Gasteiger partial charge in [-0.1, -0.05) is 60.7 Å². The Kier molecular flexibility index (Phi) is 4.82. The van der Waals surface area contributed by atoms with Crippen LogP contribution in [0.1, 0.15) is 10.4 Å². The highest BCUT2D eigenvalue weighted by atomic mass is 32.1. The van der Waals surface area contributed by atoms with Gasteiger partial charge >= 0.3 is 0 Å². The average Bonchev–Trinajstić information content (AvgIpc) is 3.02. The number of rotatable bonds is 6. The Morgan fingerprint density at radius 1 is 0.762 bits per heavy atom. The second-order valence-corrected chi connectivity index (χ2v) is 6.21. The van der Waals surface area contributed by atoms with Crippen molar-refractivity contribution in [3.63, 3.8) is 0 Å². The van der Waals surface area contributed by atoms with Gasteiger partial charge in [-0.2, -0.15) is 0 Å². The molecule has 0 amide bonds. The molecule has 1 nitrogen and oxygen atoms in total. The van der Waals surface area contributed by atoms with Crippen LogP contribution in [-0.2, 0) is 13.0 Å². The topological polar surface area (TPSA) is 12.0 Å². The molecule has 21 heavy (non-hydrogen) atoms. The lowest BCUT2D eigenvalue weighted by Gasteiger charge is -2.03. The summed E-state index contributed by atoms with van der Waals surface area (Å²) in [5, 5.41) is 3.53. The second-order valence-electron chi connectivity index (χ2n) is 5.04. The summed E-state index contributed by atoms with van der Waals surface area (Å²) < 4.78 is 0. The molecule has 2 heteroatoms. The van der Waals surface area contributed by atoms with Gasteiger partial charge in [-0.15, -0.1) is 11.3 Å². The van der Waals surface area contributed by atoms with Crippen LogP contribution in [0, 0.1) is 0 Å². The summed E-state index contributed by atoms with van der Waals surface area (Å²) >= 11 is 1.87. The normalized spacial score (nSPS) is 10.7. The third-order valence-corrected chi connectivity index (χ3v) is 4.59. The van der Waals surface area contributed by atoms with Crippen molar-refractivity contribution in [1.82, 2.24) is 5.32 Å². The summed E-state index contributed by atoms with van der Waals surface area (Å²) in [6.07, 6.45) is 1.08. The molecule has 0 unspecified atom stereocenters. The van der Waals surface area contributed by atoms with Crippen molar-refractivity contribution in [3.8, 4) is 10.4 Å². The van der Waals surface area contributed by atoms with Crippen LogP contribution in [0.25, 0.3) is 10.4 Å². The Morgan fingerprint density at radius 3 is 2.24 bits per heavy atom. The van der Waals surface area contributed by atoms with Crippen molar-refractivity contribution in [2.75, 3.05) is 6.54 Å². The number of hydrogen-bond donors (Lipinski definition) is 1. The summed E-state index contributed by atoms with van der Waals surface area (Å²) in [5.41, 5.74) is 2.69. The summed E-state index contributed by atoms with van der Waals surface area (Å²) in [6, 6.07) is 25.6. The third kappa shape index (κ3) is 4.03. The monoisotopic (exact) mass is 293 g/mol. The molecular weight excluding hydrogens is 274 g/mol. The number of thiophene rings is 1. The van der Waals surface area contributed by atoms with Crippen LogP contribution in [-0.4, -0.2) is 6.54 Å². The van der Waals surface area contributed by atoms with Gasteiger partial charge in [-0.05, 0) is 36.2 Å². The summed E-state index contributed by atoms with van der Waals surface area (Å²) in [7, 11) is 0. The Morgan fingerprint density at radius 2 is 1.48 bits per heavy atom. The Bertz CT molecular complexity index is 658. The van der Waals surface area contributed by atoms with Crippen LogP contribution < -0.4 is 5.32 Å². The molecule has 3 aromatic rings. The lowest BCUT2D eigenvalue weighted by atomic mass is 10.1. The molecule has 1 heterocycles. The zero-order chi connectivity index (χ0) is 14.3. The van der Waals surface area contributed by atoms with E-state index in [1.165, 1.54) is 20.9 Å². The lowest BCUT2D eigenvalue weighted by Crippen LogP contribution is -2.15. The molecule has 0 saturated heterocycles. The molecule has 1 N–H and O–H groups in total. The van der Waals surface area contributed by atoms with Crippen LogP contribution in [0.3, 0.4) is 0 Å². The van der Waals surface area contributed by atoms with Crippen molar-refractivity contribution in [2.24, 2.45) is 0 Å². The summed E-state index contributed by atoms with van der Waals surface area (Å²) in [4.78, 5) is 2.73. The Labute approximate surface area is 130 Å². The van der Waals surface area contributed by atoms with Crippen molar-refractivity contribution in [3.05, 3.63) is 83.2 Å². The lowest BCUT2D eigenvalue weighted by molar-refractivity contribution is 0.693. The number of hydrogen-bond acceptors (Lipinski definition) is 2.